The summed E-state index contributed by atoms with van der Waals surface area (Å²) in [6.07, 6.45) is 4.24. The third-order valence-corrected chi connectivity index (χ3v) is 4.66. The molecule has 0 aliphatic carbocycles. The van der Waals surface area contributed by atoms with Crippen LogP contribution in [0.5, 0.6) is 0 Å². The molecule has 3 aromatic rings. The molecule has 0 atom stereocenters. The Hall–Kier alpha value is -2.20. The molecule has 1 N–H and O–H groups in total. The standard InChI is InChI=1S/C18H20N4/c1-22-10-7-13(8-11-22)16-12-17(21-20-16)15-6-2-4-14-5-3-9-19-18(14)15/h2-6,9,12-13H,7-8,10-11H2,1H3,(H,20,21). The number of piperidine rings is 1. The molecule has 2 aromatic heterocycles. The van der Waals surface area contributed by atoms with E-state index < -0.39 is 0 Å². The first-order chi connectivity index (χ1) is 10.8. The van der Waals surface area contributed by atoms with Crippen LogP contribution in [0.1, 0.15) is 24.5 Å². The summed E-state index contributed by atoms with van der Waals surface area (Å²) in [6, 6.07) is 12.5. The number of hydrogen-bond acceptors (Lipinski definition) is 3. The van der Waals surface area contributed by atoms with E-state index >= 15 is 0 Å². The lowest BCUT2D eigenvalue weighted by Crippen LogP contribution is -2.29. The number of aromatic amines is 1. The Morgan fingerprint density at radius 1 is 1.14 bits per heavy atom. The monoisotopic (exact) mass is 292 g/mol. The van der Waals surface area contributed by atoms with Crippen molar-refractivity contribution < 1.29 is 0 Å². The summed E-state index contributed by atoms with van der Waals surface area (Å²) in [5.41, 5.74) is 4.38. The highest BCUT2D eigenvalue weighted by molar-refractivity contribution is 5.92. The summed E-state index contributed by atoms with van der Waals surface area (Å²) in [7, 11) is 2.19. The highest BCUT2D eigenvalue weighted by Gasteiger charge is 2.20. The molecule has 4 rings (SSSR count). The maximum Gasteiger partial charge on any atom is 0.0945 e. The van der Waals surface area contributed by atoms with Crippen LogP contribution in [-0.4, -0.2) is 40.2 Å². The van der Waals surface area contributed by atoms with Gasteiger partial charge in [0.2, 0.25) is 0 Å². The Labute approximate surface area is 130 Å². The van der Waals surface area contributed by atoms with Crippen molar-refractivity contribution in [1.29, 1.82) is 0 Å². The van der Waals surface area contributed by atoms with Crippen molar-refractivity contribution in [3.8, 4) is 11.3 Å². The van der Waals surface area contributed by atoms with Gasteiger partial charge in [0.15, 0.2) is 0 Å². The molecule has 0 saturated carbocycles. The van der Waals surface area contributed by atoms with Crippen molar-refractivity contribution in [3.63, 3.8) is 0 Å². The van der Waals surface area contributed by atoms with E-state index in [1.165, 1.54) is 18.5 Å². The van der Waals surface area contributed by atoms with Gasteiger partial charge in [0.05, 0.1) is 11.2 Å². The third kappa shape index (κ3) is 2.40. The fraction of sp³-hybridized carbons (Fsp3) is 0.333. The van der Waals surface area contributed by atoms with Gasteiger partial charge in [-0.2, -0.15) is 5.10 Å². The zero-order valence-corrected chi connectivity index (χ0v) is 12.8. The lowest BCUT2D eigenvalue weighted by atomic mass is 9.93. The number of likely N-dealkylation sites (tertiary alicyclic amines) is 1. The predicted molar refractivity (Wildman–Crippen MR) is 88.8 cm³/mol. The fourth-order valence-corrected chi connectivity index (χ4v) is 3.31. The van der Waals surface area contributed by atoms with Crippen LogP contribution in [-0.2, 0) is 0 Å². The number of H-pyrrole nitrogens is 1. The molecule has 22 heavy (non-hydrogen) atoms. The summed E-state index contributed by atoms with van der Waals surface area (Å²) in [5, 5.41) is 8.97. The molecule has 112 valence electrons. The van der Waals surface area contributed by atoms with Crippen LogP contribution >= 0.6 is 0 Å². The first-order valence-corrected chi connectivity index (χ1v) is 7.89. The molecule has 0 unspecified atom stereocenters. The van der Waals surface area contributed by atoms with E-state index in [-0.39, 0.29) is 0 Å². The number of para-hydroxylation sites is 1. The minimum Gasteiger partial charge on any atom is -0.306 e. The van der Waals surface area contributed by atoms with Crippen LogP contribution in [0.2, 0.25) is 0 Å². The normalized spacial score (nSPS) is 17.1. The van der Waals surface area contributed by atoms with E-state index in [0.29, 0.717) is 5.92 Å². The van der Waals surface area contributed by atoms with E-state index in [1.54, 1.807) is 0 Å². The molecule has 3 heterocycles. The highest BCUT2D eigenvalue weighted by Crippen LogP contribution is 2.31. The van der Waals surface area contributed by atoms with Gasteiger partial charge in [0.25, 0.3) is 0 Å². The van der Waals surface area contributed by atoms with E-state index in [0.717, 1.165) is 35.2 Å². The van der Waals surface area contributed by atoms with E-state index in [1.807, 2.05) is 12.3 Å². The van der Waals surface area contributed by atoms with Gasteiger partial charge in [-0.1, -0.05) is 24.3 Å². The summed E-state index contributed by atoms with van der Waals surface area (Å²) < 4.78 is 0. The quantitative estimate of drug-likeness (QED) is 0.787. The van der Waals surface area contributed by atoms with Crippen LogP contribution in [0.25, 0.3) is 22.2 Å². The molecule has 4 heteroatoms. The van der Waals surface area contributed by atoms with Crippen LogP contribution in [0.4, 0.5) is 0 Å². The molecule has 4 nitrogen and oxygen atoms in total. The zero-order chi connectivity index (χ0) is 14.9. The predicted octanol–water partition coefficient (Wildman–Crippen LogP) is 3.43. The minimum atomic E-state index is 0.598. The zero-order valence-electron chi connectivity index (χ0n) is 12.8. The number of nitrogens with one attached hydrogen (secondary N) is 1. The van der Waals surface area contributed by atoms with E-state index in [4.69, 9.17) is 0 Å². The Kier molecular flexibility index (Phi) is 3.39. The number of benzene rings is 1. The van der Waals surface area contributed by atoms with Crippen molar-refractivity contribution in [2.24, 2.45) is 0 Å². The Bertz CT molecular complexity index is 779. The van der Waals surface area contributed by atoms with Gasteiger partial charge in [-0.15, -0.1) is 0 Å². The second-order valence-corrected chi connectivity index (χ2v) is 6.17. The average Bonchev–Trinajstić information content (AvgIpc) is 3.05. The summed E-state index contributed by atoms with van der Waals surface area (Å²) in [5.74, 6) is 0.598. The second-order valence-electron chi connectivity index (χ2n) is 6.17. The van der Waals surface area contributed by atoms with Gasteiger partial charge in [-0.25, -0.2) is 0 Å². The van der Waals surface area contributed by atoms with Gasteiger partial charge < -0.3 is 4.90 Å². The molecule has 0 bridgehead atoms. The molecular formula is C18H20N4. The minimum absolute atomic E-state index is 0.598. The lowest BCUT2D eigenvalue weighted by Gasteiger charge is -2.27. The number of aromatic nitrogens is 3. The third-order valence-electron chi connectivity index (χ3n) is 4.66. The van der Waals surface area contributed by atoms with Crippen LogP contribution in [0.3, 0.4) is 0 Å². The number of nitrogens with zero attached hydrogens (tertiary/aromatic N) is 3. The van der Waals surface area contributed by atoms with Gasteiger partial charge in [0, 0.05) is 28.8 Å². The molecule has 1 aliphatic heterocycles. The van der Waals surface area contributed by atoms with Gasteiger partial charge in [-0.05, 0) is 45.1 Å². The number of fused-ring (bicyclic) bond motifs is 1. The maximum atomic E-state index is 4.55. The molecule has 1 aliphatic rings. The lowest BCUT2D eigenvalue weighted by molar-refractivity contribution is 0.253. The van der Waals surface area contributed by atoms with Crippen molar-refractivity contribution in [2.45, 2.75) is 18.8 Å². The molecule has 0 radical (unpaired) electrons. The second kappa shape index (κ2) is 5.54. The topological polar surface area (TPSA) is 44.8 Å². The van der Waals surface area contributed by atoms with E-state index in [2.05, 4.69) is 57.5 Å². The molecule has 0 amide bonds. The SMILES string of the molecule is CN1CCC(c2cc(-c3cccc4cccnc34)n[nH]2)CC1. The Morgan fingerprint density at radius 2 is 1.95 bits per heavy atom. The molecule has 1 aromatic carbocycles. The molecule has 1 fully saturated rings. The number of rotatable bonds is 2. The van der Waals surface area contributed by atoms with Gasteiger partial charge in [-0.3, -0.25) is 10.1 Å². The van der Waals surface area contributed by atoms with Crippen molar-refractivity contribution >= 4 is 10.9 Å². The first kappa shape index (κ1) is 13.5. The molecule has 0 spiro atoms. The summed E-state index contributed by atoms with van der Waals surface area (Å²) in [4.78, 5) is 6.92. The fourth-order valence-electron chi connectivity index (χ4n) is 3.31. The first-order valence-electron chi connectivity index (χ1n) is 7.89. The Balaban J connectivity index is 1.68. The van der Waals surface area contributed by atoms with Crippen LogP contribution in [0.15, 0.2) is 42.6 Å². The van der Waals surface area contributed by atoms with Crippen LogP contribution in [0, 0.1) is 0 Å². The number of pyridine rings is 1. The Morgan fingerprint density at radius 3 is 2.82 bits per heavy atom. The summed E-state index contributed by atoms with van der Waals surface area (Å²) in [6.45, 7) is 2.32. The summed E-state index contributed by atoms with van der Waals surface area (Å²) >= 11 is 0. The maximum absolute atomic E-state index is 4.55. The highest BCUT2D eigenvalue weighted by atomic mass is 15.1. The smallest absolute Gasteiger partial charge is 0.0945 e. The van der Waals surface area contributed by atoms with Crippen LogP contribution < -0.4 is 0 Å². The van der Waals surface area contributed by atoms with Crippen molar-refractivity contribution in [3.05, 3.63) is 48.3 Å². The average molecular weight is 292 g/mol. The van der Waals surface area contributed by atoms with Crippen molar-refractivity contribution in [2.75, 3.05) is 20.1 Å². The number of hydrogen-bond donors (Lipinski definition) is 1. The molecular weight excluding hydrogens is 272 g/mol. The van der Waals surface area contributed by atoms with Crippen molar-refractivity contribution in [1.82, 2.24) is 20.1 Å². The van der Waals surface area contributed by atoms with Gasteiger partial charge >= 0.3 is 0 Å². The van der Waals surface area contributed by atoms with Gasteiger partial charge in [0.1, 0.15) is 0 Å². The largest absolute Gasteiger partial charge is 0.306 e. The van der Waals surface area contributed by atoms with E-state index in [9.17, 15) is 0 Å². The molecule has 1 saturated heterocycles.